The molecular weight excluding hydrogens is 344 g/mol. The third-order valence-electron chi connectivity index (χ3n) is 7.15. The highest BCUT2D eigenvalue weighted by Gasteiger charge is 2.60. The second-order valence-corrected chi connectivity index (χ2v) is 9.34. The first kappa shape index (κ1) is 20.3. The van der Waals surface area contributed by atoms with E-state index in [2.05, 4.69) is 13.8 Å². The molecule has 0 aromatic rings. The molecule has 0 saturated heterocycles. The lowest BCUT2D eigenvalue weighted by molar-refractivity contribution is -0.168. The molecule has 0 aromatic heterocycles. The summed E-state index contributed by atoms with van der Waals surface area (Å²) in [5, 5.41) is 20.7. The summed E-state index contributed by atoms with van der Waals surface area (Å²) < 4.78 is 5.68. The first-order chi connectivity index (χ1) is 12.5. The highest BCUT2D eigenvalue weighted by atomic mass is 16.6. The van der Waals surface area contributed by atoms with Crippen molar-refractivity contribution in [2.45, 2.75) is 65.6 Å². The highest BCUT2D eigenvalue weighted by Crippen LogP contribution is 2.62. The number of hydrogen-bond acceptors (Lipinski definition) is 5. The van der Waals surface area contributed by atoms with Crippen molar-refractivity contribution in [1.29, 1.82) is 0 Å². The van der Waals surface area contributed by atoms with Crippen molar-refractivity contribution in [2.24, 2.45) is 29.1 Å². The normalized spacial score (nSPS) is 40.9. The van der Waals surface area contributed by atoms with Crippen molar-refractivity contribution < 1.29 is 24.5 Å². The van der Waals surface area contributed by atoms with Crippen molar-refractivity contribution >= 4 is 11.8 Å². The van der Waals surface area contributed by atoms with Crippen LogP contribution in [0.2, 0.25) is 0 Å². The van der Waals surface area contributed by atoms with Gasteiger partial charge >= 0.3 is 5.97 Å². The molecule has 6 atom stereocenters. The number of carbonyl (C=O) groups excluding carboxylic acids is 2. The van der Waals surface area contributed by atoms with Gasteiger partial charge in [0, 0.05) is 13.3 Å². The first-order valence-electron chi connectivity index (χ1n) is 9.96. The van der Waals surface area contributed by atoms with Crippen LogP contribution >= 0.6 is 0 Å². The minimum Gasteiger partial charge on any atom is -0.450 e. The summed E-state index contributed by atoms with van der Waals surface area (Å²) in [4.78, 5) is 25.4. The number of allylic oxidation sites excluding steroid dienone is 1. The molecule has 0 radical (unpaired) electrons. The Balaban J connectivity index is 2.13. The molecule has 0 bridgehead atoms. The first-order valence-corrected chi connectivity index (χ1v) is 9.96. The number of Topliss-reactive ketones (excluding diaryl/α,β-unsaturated/α-hetero) is 1. The lowest BCUT2D eigenvalue weighted by atomic mass is 9.81. The van der Waals surface area contributed by atoms with E-state index in [1.807, 2.05) is 13.0 Å². The summed E-state index contributed by atoms with van der Waals surface area (Å²) in [5.74, 6) is -0.811. The topological polar surface area (TPSA) is 83.8 Å². The molecule has 6 unspecified atom stereocenters. The molecule has 150 valence electrons. The van der Waals surface area contributed by atoms with E-state index in [1.54, 1.807) is 13.0 Å². The van der Waals surface area contributed by atoms with Crippen LogP contribution in [0.3, 0.4) is 0 Å². The van der Waals surface area contributed by atoms with Crippen LogP contribution in [-0.4, -0.2) is 40.3 Å². The van der Waals surface area contributed by atoms with Crippen molar-refractivity contribution in [2.75, 3.05) is 6.61 Å². The maximum atomic E-state index is 13.5. The molecule has 2 fully saturated rings. The summed E-state index contributed by atoms with van der Waals surface area (Å²) >= 11 is 0. The molecule has 27 heavy (non-hydrogen) atoms. The monoisotopic (exact) mass is 376 g/mol. The Morgan fingerprint density at radius 2 is 1.96 bits per heavy atom. The van der Waals surface area contributed by atoms with E-state index in [1.165, 1.54) is 6.92 Å². The molecule has 2 N–H and O–H groups in total. The predicted molar refractivity (Wildman–Crippen MR) is 102 cm³/mol. The fourth-order valence-corrected chi connectivity index (χ4v) is 5.41. The lowest BCUT2D eigenvalue weighted by Crippen LogP contribution is -2.48. The van der Waals surface area contributed by atoms with Crippen molar-refractivity contribution in [3.05, 3.63) is 23.3 Å². The van der Waals surface area contributed by atoms with Gasteiger partial charge in [0.05, 0.1) is 18.6 Å². The van der Waals surface area contributed by atoms with E-state index in [4.69, 9.17) is 4.74 Å². The van der Waals surface area contributed by atoms with Gasteiger partial charge in [-0.1, -0.05) is 32.9 Å². The fourth-order valence-electron chi connectivity index (χ4n) is 5.41. The molecule has 3 aliphatic rings. The Hall–Kier alpha value is -1.46. The van der Waals surface area contributed by atoms with Gasteiger partial charge in [-0.3, -0.25) is 9.59 Å². The predicted octanol–water partition coefficient (Wildman–Crippen LogP) is 2.81. The van der Waals surface area contributed by atoms with Gasteiger partial charge in [-0.05, 0) is 54.1 Å². The number of carbonyl (C=O) groups is 2. The van der Waals surface area contributed by atoms with Crippen LogP contribution in [0.1, 0.15) is 53.9 Å². The van der Waals surface area contributed by atoms with Crippen LogP contribution in [0.25, 0.3) is 0 Å². The van der Waals surface area contributed by atoms with Crippen LogP contribution in [0, 0.1) is 29.1 Å². The van der Waals surface area contributed by atoms with Gasteiger partial charge in [-0.25, -0.2) is 0 Å². The Morgan fingerprint density at radius 1 is 1.30 bits per heavy atom. The molecule has 3 aliphatic carbocycles. The molecule has 5 heteroatoms. The number of aliphatic hydroxyl groups excluding tert-OH is 2. The minimum absolute atomic E-state index is 0.119. The largest absolute Gasteiger partial charge is 0.450 e. The molecule has 2 saturated carbocycles. The van der Waals surface area contributed by atoms with Crippen LogP contribution in [0.4, 0.5) is 0 Å². The van der Waals surface area contributed by atoms with Crippen LogP contribution < -0.4 is 0 Å². The molecule has 0 amide bonds. The van der Waals surface area contributed by atoms with Crippen molar-refractivity contribution in [1.82, 2.24) is 0 Å². The average Bonchev–Trinajstić information content (AvgIpc) is 3.01. The van der Waals surface area contributed by atoms with E-state index < -0.39 is 23.6 Å². The van der Waals surface area contributed by atoms with Gasteiger partial charge in [0.1, 0.15) is 0 Å². The van der Waals surface area contributed by atoms with Gasteiger partial charge in [0.15, 0.2) is 5.60 Å². The summed E-state index contributed by atoms with van der Waals surface area (Å²) in [6.07, 6.45) is 4.98. The average molecular weight is 376 g/mol. The minimum atomic E-state index is -1.40. The third kappa shape index (κ3) is 3.29. The Bertz CT molecular complexity index is 703. The second-order valence-electron chi connectivity index (χ2n) is 9.34. The molecular formula is C22H32O5. The van der Waals surface area contributed by atoms with Crippen molar-refractivity contribution in [3.63, 3.8) is 0 Å². The molecule has 0 heterocycles. The SMILES string of the molecule is CC(=O)OC12CC(C)C(O)C1C=C(CO)CCC1C(C=C(C)C2=O)C1(C)C. The third-order valence-corrected chi connectivity index (χ3v) is 7.15. The maximum absolute atomic E-state index is 13.5. The van der Waals surface area contributed by atoms with Crippen LogP contribution in [-0.2, 0) is 14.3 Å². The number of aliphatic hydroxyl groups is 2. The summed E-state index contributed by atoms with van der Waals surface area (Å²) in [5.41, 5.74) is 0.130. The van der Waals surface area contributed by atoms with Gasteiger partial charge in [0.25, 0.3) is 0 Å². The van der Waals surface area contributed by atoms with Gasteiger partial charge in [0.2, 0.25) is 5.78 Å². The number of ketones is 1. The van der Waals surface area contributed by atoms with E-state index >= 15 is 0 Å². The van der Waals surface area contributed by atoms with Crippen LogP contribution in [0.5, 0.6) is 0 Å². The molecule has 0 aliphatic heterocycles. The second kappa shape index (κ2) is 6.85. The van der Waals surface area contributed by atoms with Crippen molar-refractivity contribution in [3.8, 4) is 0 Å². The summed E-state index contributed by atoms with van der Waals surface area (Å²) in [6.45, 7) is 9.25. The lowest BCUT2D eigenvalue weighted by Gasteiger charge is -2.33. The quantitative estimate of drug-likeness (QED) is 0.572. The zero-order valence-electron chi connectivity index (χ0n) is 17.0. The van der Waals surface area contributed by atoms with E-state index in [9.17, 15) is 19.8 Å². The van der Waals surface area contributed by atoms with E-state index in [-0.39, 0.29) is 30.1 Å². The molecule has 0 spiro atoms. The maximum Gasteiger partial charge on any atom is 0.303 e. The van der Waals surface area contributed by atoms with Gasteiger partial charge in [-0.2, -0.15) is 0 Å². The smallest absolute Gasteiger partial charge is 0.303 e. The Morgan fingerprint density at radius 3 is 2.56 bits per heavy atom. The Labute approximate surface area is 161 Å². The van der Waals surface area contributed by atoms with Gasteiger partial charge < -0.3 is 14.9 Å². The van der Waals surface area contributed by atoms with Crippen LogP contribution in [0.15, 0.2) is 23.3 Å². The number of ether oxygens (including phenoxy) is 1. The molecule has 5 nitrogen and oxygen atoms in total. The fraction of sp³-hybridized carbons (Fsp3) is 0.727. The Kier molecular flexibility index (Phi) is 5.15. The summed E-state index contributed by atoms with van der Waals surface area (Å²) in [7, 11) is 0. The standard InChI is InChI=1S/C22H32O5/c1-12-8-17-16(21(17,4)5)7-6-15(11-23)9-18-19(25)13(2)10-22(18,20(12)26)27-14(3)24/h8-9,13,16-19,23,25H,6-7,10-11H2,1-5H3. The van der Waals surface area contributed by atoms with Gasteiger partial charge in [-0.15, -0.1) is 0 Å². The van der Waals surface area contributed by atoms with E-state index in [0.29, 0.717) is 17.4 Å². The zero-order chi connectivity index (χ0) is 20.1. The molecule has 3 rings (SSSR count). The number of rotatable bonds is 2. The zero-order valence-corrected chi connectivity index (χ0v) is 17.0. The number of hydrogen-bond donors (Lipinski definition) is 2. The number of esters is 1. The molecule has 0 aromatic carbocycles. The summed E-state index contributed by atoms with van der Waals surface area (Å²) in [6, 6.07) is 0. The highest BCUT2D eigenvalue weighted by molar-refractivity contribution is 6.03. The number of fused-ring (bicyclic) bond motifs is 2. The van der Waals surface area contributed by atoms with E-state index in [0.717, 1.165) is 18.4 Å².